The van der Waals surface area contributed by atoms with Crippen LogP contribution in [-0.4, -0.2) is 18.2 Å². The SMILES string of the molecule is O=C1Nc2ccc(Cl)cc2[C@@](C#CC2CC2)(C(F)(F)F)O[C@H]1C1CC1. The number of ether oxygens (including phenoxy) is 1. The summed E-state index contributed by atoms with van der Waals surface area (Å²) in [5.41, 5.74) is -3.07. The molecular weight excluding hydrogens is 355 g/mol. The highest BCUT2D eigenvalue weighted by molar-refractivity contribution is 6.30. The second kappa shape index (κ2) is 5.65. The van der Waals surface area contributed by atoms with Crippen LogP contribution in [0, 0.1) is 23.7 Å². The number of halogens is 4. The molecule has 1 heterocycles. The molecule has 0 spiro atoms. The van der Waals surface area contributed by atoms with E-state index in [4.69, 9.17) is 16.3 Å². The Morgan fingerprint density at radius 2 is 1.96 bits per heavy atom. The lowest BCUT2D eigenvalue weighted by Crippen LogP contribution is -2.47. The Kier molecular flexibility index (Phi) is 3.78. The highest BCUT2D eigenvalue weighted by Gasteiger charge is 2.62. The van der Waals surface area contributed by atoms with Crippen molar-refractivity contribution >= 4 is 23.2 Å². The Hall–Kier alpha value is -1.71. The summed E-state index contributed by atoms with van der Waals surface area (Å²) in [4.78, 5) is 12.4. The number of fused-ring (bicyclic) bond motifs is 1. The lowest BCUT2D eigenvalue weighted by atomic mass is 9.91. The number of anilines is 1. The summed E-state index contributed by atoms with van der Waals surface area (Å²) in [6.45, 7) is 0. The smallest absolute Gasteiger partial charge is 0.336 e. The van der Waals surface area contributed by atoms with Crippen LogP contribution in [0.15, 0.2) is 18.2 Å². The summed E-state index contributed by atoms with van der Waals surface area (Å²) in [5, 5.41) is 2.69. The third kappa shape index (κ3) is 3.00. The molecule has 0 saturated heterocycles. The molecule has 1 aromatic carbocycles. The van der Waals surface area contributed by atoms with Crippen LogP contribution in [-0.2, 0) is 15.1 Å². The van der Waals surface area contributed by atoms with Crippen molar-refractivity contribution in [1.82, 2.24) is 0 Å². The van der Waals surface area contributed by atoms with Gasteiger partial charge in [-0.2, -0.15) is 13.2 Å². The lowest BCUT2D eigenvalue weighted by Gasteiger charge is -2.33. The van der Waals surface area contributed by atoms with E-state index in [1.165, 1.54) is 18.2 Å². The second-order valence-corrected chi connectivity index (χ2v) is 7.21. The van der Waals surface area contributed by atoms with E-state index in [1.54, 1.807) is 0 Å². The molecular formula is C18H15ClF3NO2. The predicted molar refractivity (Wildman–Crippen MR) is 85.9 cm³/mol. The first-order valence-electron chi connectivity index (χ1n) is 8.18. The van der Waals surface area contributed by atoms with Crippen molar-refractivity contribution in [2.45, 2.75) is 43.6 Å². The molecule has 1 amide bonds. The predicted octanol–water partition coefficient (Wildman–Crippen LogP) is 4.26. The lowest BCUT2D eigenvalue weighted by molar-refractivity contribution is -0.270. The first-order chi connectivity index (χ1) is 11.8. The summed E-state index contributed by atoms with van der Waals surface area (Å²) in [6, 6.07) is 3.99. The largest absolute Gasteiger partial charge is 0.433 e. The fraction of sp³-hybridized carbons (Fsp3) is 0.500. The molecule has 1 aromatic rings. The van der Waals surface area contributed by atoms with Crippen LogP contribution >= 0.6 is 11.6 Å². The highest BCUT2D eigenvalue weighted by atomic mass is 35.5. The van der Waals surface area contributed by atoms with Gasteiger partial charge in [-0.25, -0.2) is 0 Å². The van der Waals surface area contributed by atoms with Crippen LogP contribution in [0.3, 0.4) is 0 Å². The molecule has 3 nitrogen and oxygen atoms in total. The van der Waals surface area contributed by atoms with Gasteiger partial charge in [0.15, 0.2) is 0 Å². The summed E-state index contributed by atoms with van der Waals surface area (Å²) in [6.07, 6.45) is -3.09. The number of nitrogens with one attached hydrogen (secondary N) is 1. The van der Waals surface area contributed by atoms with Crippen molar-refractivity contribution in [2.75, 3.05) is 5.32 Å². The van der Waals surface area contributed by atoms with Crippen molar-refractivity contribution in [1.29, 1.82) is 0 Å². The van der Waals surface area contributed by atoms with Gasteiger partial charge >= 0.3 is 6.18 Å². The minimum Gasteiger partial charge on any atom is -0.336 e. The number of benzene rings is 1. The first-order valence-corrected chi connectivity index (χ1v) is 8.56. The van der Waals surface area contributed by atoms with Crippen molar-refractivity contribution in [3.63, 3.8) is 0 Å². The maximum Gasteiger partial charge on any atom is 0.433 e. The van der Waals surface area contributed by atoms with E-state index in [1.807, 2.05) is 0 Å². The van der Waals surface area contributed by atoms with Gasteiger partial charge in [0.1, 0.15) is 6.10 Å². The van der Waals surface area contributed by atoms with Crippen LogP contribution in [0.2, 0.25) is 5.02 Å². The van der Waals surface area contributed by atoms with Gasteiger partial charge in [-0.05, 0) is 49.8 Å². The third-order valence-corrected chi connectivity index (χ3v) is 4.90. The number of hydrogen-bond acceptors (Lipinski definition) is 2. The average molecular weight is 370 g/mol. The maximum absolute atomic E-state index is 14.2. The molecule has 3 aliphatic rings. The molecule has 0 aromatic heterocycles. The Labute approximate surface area is 147 Å². The average Bonchev–Trinajstić information content (AvgIpc) is 3.40. The van der Waals surface area contributed by atoms with E-state index in [0.29, 0.717) is 12.8 Å². The highest BCUT2D eigenvalue weighted by Crippen LogP contribution is 2.50. The van der Waals surface area contributed by atoms with Gasteiger partial charge in [-0.15, -0.1) is 0 Å². The molecule has 0 radical (unpaired) electrons. The van der Waals surface area contributed by atoms with Gasteiger partial charge < -0.3 is 10.1 Å². The molecule has 2 aliphatic carbocycles. The molecule has 132 valence electrons. The van der Waals surface area contributed by atoms with Gasteiger partial charge in [0.2, 0.25) is 0 Å². The Morgan fingerprint density at radius 1 is 1.24 bits per heavy atom. The minimum atomic E-state index is -4.81. The van der Waals surface area contributed by atoms with Gasteiger partial charge in [0.25, 0.3) is 11.5 Å². The second-order valence-electron chi connectivity index (χ2n) is 6.78. The van der Waals surface area contributed by atoms with E-state index in [-0.39, 0.29) is 28.1 Å². The molecule has 1 aliphatic heterocycles. The summed E-state index contributed by atoms with van der Waals surface area (Å²) in [7, 11) is 0. The summed E-state index contributed by atoms with van der Waals surface area (Å²) < 4.78 is 48.2. The number of amides is 1. The molecule has 2 atom stereocenters. The van der Waals surface area contributed by atoms with Gasteiger partial charge in [-0.3, -0.25) is 4.79 Å². The van der Waals surface area contributed by atoms with Crippen molar-refractivity contribution in [2.24, 2.45) is 11.8 Å². The monoisotopic (exact) mass is 369 g/mol. The van der Waals surface area contributed by atoms with Crippen molar-refractivity contribution in [3.8, 4) is 11.8 Å². The fourth-order valence-electron chi connectivity index (χ4n) is 2.96. The third-order valence-electron chi connectivity index (χ3n) is 4.66. The first kappa shape index (κ1) is 16.7. The van der Waals surface area contributed by atoms with Crippen LogP contribution in [0.4, 0.5) is 18.9 Å². The summed E-state index contributed by atoms with van der Waals surface area (Å²) in [5.74, 6) is 4.20. The zero-order chi connectivity index (χ0) is 17.8. The number of carbonyl (C=O) groups is 1. The zero-order valence-corrected chi connectivity index (χ0v) is 13.9. The number of rotatable bonds is 1. The van der Waals surface area contributed by atoms with Gasteiger partial charge in [0, 0.05) is 22.2 Å². The number of carbonyl (C=O) groups excluding carboxylic acids is 1. The van der Waals surface area contributed by atoms with Gasteiger partial charge in [0.05, 0.1) is 0 Å². The molecule has 0 unspecified atom stereocenters. The normalized spacial score (nSPS) is 29.1. The van der Waals surface area contributed by atoms with E-state index >= 15 is 0 Å². The standard InChI is InChI=1S/C18H15ClF3NO2/c19-12-5-6-14-13(9-12)17(18(20,21)22,8-7-10-1-2-10)25-15(11-3-4-11)16(24)23-14/h5-6,9-11,15H,1-4H2,(H,23,24)/t15-,17-/m0/s1. The van der Waals surface area contributed by atoms with Crippen LogP contribution in [0.25, 0.3) is 0 Å². The molecule has 1 N–H and O–H groups in total. The molecule has 2 saturated carbocycles. The van der Waals surface area contributed by atoms with Crippen molar-refractivity contribution in [3.05, 3.63) is 28.8 Å². The van der Waals surface area contributed by atoms with E-state index in [2.05, 4.69) is 17.2 Å². The van der Waals surface area contributed by atoms with E-state index < -0.39 is 23.8 Å². The maximum atomic E-state index is 14.2. The molecule has 2 fully saturated rings. The Bertz CT molecular complexity index is 790. The van der Waals surface area contributed by atoms with Crippen LogP contribution in [0.1, 0.15) is 31.2 Å². The van der Waals surface area contributed by atoms with Gasteiger partial charge in [-0.1, -0.05) is 23.4 Å². The van der Waals surface area contributed by atoms with Crippen molar-refractivity contribution < 1.29 is 22.7 Å². The quantitative estimate of drug-likeness (QED) is 0.751. The molecule has 7 heteroatoms. The number of hydrogen-bond donors (Lipinski definition) is 1. The molecule has 0 bridgehead atoms. The minimum absolute atomic E-state index is 0.0416. The fourth-order valence-corrected chi connectivity index (χ4v) is 3.13. The zero-order valence-electron chi connectivity index (χ0n) is 13.1. The Balaban J connectivity index is 1.92. The summed E-state index contributed by atoms with van der Waals surface area (Å²) >= 11 is 5.95. The van der Waals surface area contributed by atoms with Crippen LogP contribution in [0.5, 0.6) is 0 Å². The topological polar surface area (TPSA) is 38.3 Å². The van der Waals surface area contributed by atoms with E-state index in [9.17, 15) is 18.0 Å². The Morgan fingerprint density at radius 3 is 2.56 bits per heavy atom. The number of alkyl halides is 3. The molecule has 25 heavy (non-hydrogen) atoms. The van der Waals surface area contributed by atoms with E-state index in [0.717, 1.165) is 12.8 Å². The van der Waals surface area contributed by atoms with Crippen LogP contribution < -0.4 is 5.32 Å². The molecule has 4 rings (SSSR count).